The van der Waals surface area contributed by atoms with Crippen molar-refractivity contribution in [2.45, 2.75) is 20.0 Å². The zero-order valence-corrected chi connectivity index (χ0v) is 15.9. The van der Waals surface area contributed by atoms with Crippen LogP contribution >= 0.6 is 0 Å². The summed E-state index contributed by atoms with van der Waals surface area (Å²) in [5, 5.41) is 4.01. The smallest absolute Gasteiger partial charge is 0.417 e. The van der Waals surface area contributed by atoms with Crippen LogP contribution in [0, 0.1) is 6.92 Å². The number of carbonyl (C=O) groups is 2. The number of rotatable bonds is 5. The van der Waals surface area contributed by atoms with Gasteiger partial charge in [0.2, 0.25) is 0 Å². The summed E-state index contributed by atoms with van der Waals surface area (Å²) in [5.74, 6) is -0.878. The lowest BCUT2D eigenvalue weighted by molar-refractivity contribution is -0.137. The molecule has 156 valence electrons. The van der Waals surface area contributed by atoms with Crippen molar-refractivity contribution in [2.75, 3.05) is 6.61 Å². The number of ether oxygens (including phenoxy) is 2. The Morgan fingerprint density at radius 2 is 1.73 bits per heavy atom. The number of hydrogen-bond donors (Lipinski definition) is 0. The molecule has 10 heteroatoms. The summed E-state index contributed by atoms with van der Waals surface area (Å²) in [6, 6.07) is 7.85. The summed E-state index contributed by atoms with van der Waals surface area (Å²) in [4.78, 5) is 27.9. The topological polar surface area (TPSA) is 83.3 Å². The van der Waals surface area contributed by atoms with Crippen LogP contribution in [0.15, 0.2) is 48.8 Å². The Hall–Kier alpha value is -3.69. The Morgan fingerprint density at radius 1 is 1.03 bits per heavy atom. The van der Waals surface area contributed by atoms with Gasteiger partial charge in [0, 0.05) is 6.20 Å². The molecule has 0 saturated heterocycles. The second-order valence-corrected chi connectivity index (χ2v) is 6.09. The molecule has 0 N–H and O–H groups in total. The van der Waals surface area contributed by atoms with Crippen molar-refractivity contribution in [1.82, 2.24) is 14.8 Å². The Balaban J connectivity index is 1.75. The molecule has 3 aromatic rings. The van der Waals surface area contributed by atoms with Crippen molar-refractivity contribution in [1.29, 1.82) is 0 Å². The van der Waals surface area contributed by atoms with E-state index in [2.05, 4.69) is 10.1 Å². The number of nitrogens with zero attached hydrogens (tertiary/aromatic N) is 3. The summed E-state index contributed by atoms with van der Waals surface area (Å²) < 4.78 is 49.4. The predicted octanol–water partition coefficient (Wildman–Crippen LogP) is 3.99. The molecule has 0 atom stereocenters. The number of hydrogen-bond acceptors (Lipinski definition) is 6. The highest BCUT2D eigenvalue weighted by molar-refractivity contribution is 5.92. The molecule has 0 bridgehead atoms. The van der Waals surface area contributed by atoms with Crippen molar-refractivity contribution in [3.63, 3.8) is 0 Å². The molecule has 0 aliphatic heterocycles. The zero-order valence-electron chi connectivity index (χ0n) is 15.9. The number of aromatic nitrogens is 3. The first-order valence-corrected chi connectivity index (χ1v) is 8.78. The number of alkyl halides is 3. The van der Waals surface area contributed by atoms with Crippen molar-refractivity contribution in [3.05, 3.63) is 71.2 Å². The van der Waals surface area contributed by atoms with E-state index in [1.165, 1.54) is 35.1 Å². The summed E-state index contributed by atoms with van der Waals surface area (Å²) in [6.45, 7) is 3.50. The van der Waals surface area contributed by atoms with Gasteiger partial charge in [0.05, 0.1) is 29.6 Å². The minimum Gasteiger partial charge on any atom is -0.462 e. The lowest BCUT2D eigenvalue weighted by atomic mass is 10.2. The Labute approximate surface area is 169 Å². The first kappa shape index (κ1) is 21.0. The molecular weight excluding hydrogens is 403 g/mol. The Bertz CT molecular complexity index is 1060. The highest BCUT2D eigenvalue weighted by Crippen LogP contribution is 2.29. The van der Waals surface area contributed by atoms with Gasteiger partial charge in [0.1, 0.15) is 11.3 Å². The lowest BCUT2D eigenvalue weighted by Crippen LogP contribution is -2.11. The van der Waals surface area contributed by atoms with Crippen LogP contribution in [0.1, 0.15) is 38.9 Å². The number of carbonyl (C=O) groups excluding carboxylic acids is 2. The maximum atomic E-state index is 12.7. The molecule has 0 fully saturated rings. The van der Waals surface area contributed by atoms with Crippen LogP contribution in [0.2, 0.25) is 0 Å². The van der Waals surface area contributed by atoms with Crippen molar-refractivity contribution in [3.8, 4) is 11.6 Å². The third kappa shape index (κ3) is 4.48. The van der Waals surface area contributed by atoms with Gasteiger partial charge in [-0.25, -0.2) is 19.3 Å². The lowest BCUT2D eigenvalue weighted by Gasteiger charge is -2.08. The number of esters is 2. The molecule has 7 nitrogen and oxygen atoms in total. The molecule has 0 aliphatic rings. The molecule has 0 aliphatic carbocycles. The minimum atomic E-state index is -4.50. The summed E-state index contributed by atoms with van der Waals surface area (Å²) in [5.41, 5.74) is -0.113. The maximum Gasteiger partial charge on any atom is 0.417 e. The van der Waals surface area contributed by atoms with E-state index in [0.717, 1.165) is 12.1 Å². The van der Waals surface area contributed by atoms with Crippen molar-refractivity contribution >= 4 is 11.9 Å². The second-order valence-electron chi connectivity index (χ2n) is 6.09. The maximum absolute atomic E-state index is 12.7. The molecule has 0 amide bonds. The van der Waals surface area contributed by atoms with Crippen LogP contribution in [0.25, 0.3) is 5.82 Å². The highest BCUT2D eigenvalue weighted by Gasteiger charge is 2.31. The van der Waals surface area contributed by atoms with Crippen LogP contribution in [0.3, 0.4) is 0 Å². The molecule has 0 unspecified atom stereocenters. The van der Waals surface area contributed by atoms with Gasteiger partial charge in [0.25, 0.3) is 0 Å². The van der Waals surface area contributed by atoms with Gasteiger partial charge in [-0.2, -0.15) is 18.3 Å². The summed E-state index contributed by atoms with van der Waals surface area (Å²) in [6.07, 6.45) is -2.56. The monoisotopic (exact) mass is 419 g/mol. The predicted molar refractivity (Wildman–Crippen MR) is 98.5 cm³/mol. The molecule has 0 saturated carbocycles. The summed E-state index contributed by atoms with van der Waals surface area (Å²) >= 11 is 0. The van der Waals surface area contributed by atoms with E-state index in [-0.39, 0.29) is 23.7 Å². The van der Waals surface area contributed by atoms with E-state index in [4.69, 9.17) is 9.47 Å². The molecule has 0 spiro atoms. The normalized spacial score (nSPS) is 11.2. The van der Waals surface area contributed by atoms with E-state index in [0.29, 0.717) is 17.5 Å². The Kier molecular flexibility index (Phi) is 5.86. The number of benzene rings is 1. The van der Waals surface area contributed by atoms with Crippen LogP contribution < -0.4 is 4.74 Å². The van der Waals surface area contributed by atoms with Gasteiger partial charge in [-0.3, -0.25) is 0 Å². The van der Waals surface area contributed by atoms with Crippen molar-refractivity contribution in [2.24, 2.45) is 0 Å². The molecule has 30 heavy (non-hydrogen) atoms. The first-order valence-electron chi connectivity index (χ1n) is 8.78. The number of pyridine rings is 1. The molecule has 0 radical (unpaired) electrons. The molecular formula is C20H16F3N3O4. The van der Waals surface area contributed by atoms with E-state index in [9.17, 15) is 22.8 Å². The van der Waals surface area contributed by atoms with Crippen LogP contribution in [0.4, 0.5) is 13.2 Å². The fraction of sp³-hybridized carbons (Fsp3) is 0.200. The fourth-order valence-corrected chi connectivity index (χ4v) is 2.56. The van der Waals surface area contributed by atoms with Gasteiger partial charge in [0.15, 0.2) is 5.82 Å². The second kappa shape index (κ2) is 8.36. The van der Waals surface area contributed by atoms with Crippen LogP contribution in [0.5, 0.6) is 5.75 Å². The van der Waals surface area contributed by atoms with Gasteiger partial charge in [-0.1, -0.05) is 0 Å². The van der Waals surface area contributed by atoms with Crippen LogP contribution in [-0.4, -0.2) is 33.3 Å². The third-order valence-electron chi connectivity index (χ3n) is 4.10. The molecule has 2 heterocycles. The number of halogens is 3. The average Bonchev–Trinajstić information content (AvgIpc) is 3.09. The van der Waals surface area contributed by atoms with Gasteiger partial charge in [-0.05, 0) is 50.2 Å². The van der Waals surface area contributed by atoms with E-state index >= 15 is 0 Å². The van der Waals surface area contributed by atoms with Crippen molar-refractivity contribution < 1.29 is 32.2 Å². The SMILES string of the molecule is CCOC(=O)c1ccc(OC(=O)c2cnn(-c3ccc(C(F)(F)F)cn3)c2C)cc1. The Morgan fingerprint density at radius 3 is 2.30 bits per heavy atom. The minimum absolute atomic E-state index is 0.117. The largest absolute Gasteiger partial charge is 0.462 e. The van der Waals surface area contributed by atoms with E-state index < -0.39 is 23.7 Å². The van der Waals surface area contributed by atoms with Gasteiger partial charge >= 0.3 is 18.1 Å². The zero-order chi connectivity index (χ0) is 21.9. The average molecular weight is 419 g/mol. The summed E-state index contributed by atoms with van der Waals surface area (Å²) in [7, 11) is 0. The van der Waals surface area contributed by atoms with E-state index in [1.807, 2.05) is 0 Å². The van der Waals surface area contributed by atoms with Crippen LogP contribution in [-0.2, 0) is 10.9 Å². The van der Waals surface area contributed by atoms with Gasteiger partial charge < -0.3 is 9.47 Å². The molecule has 2 aromatic heterocycles. The molecule has 1 aromatic carbocycles. The fourth-order valence-electron chi connectivity index (χ4n) is 2.56. The van der Waals surface area contributed by atoms with E-state index in [1.54, 1.807) is 13.8 Å². The first-order chi connectivity index (χ1) is 14.2. The standard InChI is InChI=1S/C20H16F3N3O4/c1-3-29-18(27)13-4-7-15(8-5-13)30-19(28)16-11-25-26(12(16)2)17-9-6-14(10-24-17)20(21,22)23/h4-11H,3H2,1-2H3. The van der Waals surface area contributed by atoms with Gasteiger partial charge in [-0.15, -0.1) is 0 Å². The highest BCUT2D eigenvalue weighted by atomic mass is 19.4. The molecule has 3 rings (SSSR count). The quantitative estimate of drug-likeness (QED) is 0.459. The third-order valence-corrected chi connectivity index (χ3v) is 4.10.